The number of thiophene rings is 1. The van der Waals surface area contributed by atoms with Crippen LogP contribution >= 0.6 is 11.3 Å². The van der Waals surface area contributed by atoms with Crippen LogP contribution in [0.25, 0.3) is 86.3 Å². The Balaban J connectivity index is 1.10. The van der Waals surface area contributed by atoms with Crippen LogP contribution in [0.2, 0.25) is 0 Å². The van der Waals surface area contributed by atoms with Crippen LogP contribution in [0.1, 0.15) is 0 Å². The van der Waals surface area contributed by atoms with E-state index < -0.39 is 0 Å². The molecule has 2 aromatic heterocycles. The van der Waals surface area contributed by atoms with Gasteiger partial charge in [0.05, 0.1) is 0 Å². The van der Waals surface area contributed by atoms with Crippen molar-refractivity contribution in [3.05, 3.63) is 200 Å². The van der Waals surface area contributed by atoms with Gasteiger partial charge in [-0.1, -0.05) is 146 Å². The van der Waals surface area contributed by atoms with Gasteiger partial charge in [0.15, 0.2) is 0 Å². The molecule has 0 atom stereocenters. The monoisotopic (exact) mass is 719 g/mol. The highest BCUT2D eigenvalue weighted by molar-refractivity contribution is 7.26. The number of nitrogens with zero attached hydrogens (tertiary/aromatic N) is 1. The van der Waals surface area contributed by atoms with Crippen LogP contribution in [0.4, 0.5) is 17.1 Å². The normalized spacial score (nSPS) is 11.6. The molecule has 9 aromatic carbocycles. The quantitative estimate of drug-likeness (QED) is 0.170. The first-order valence-corrected chi connectivity index (χ1v) is 19.5. The van der Waals surface area contributed by atoms with Crippen molar-refractivity contribution in [2.75, 3.05) is 4.90 Å². The number of hydrogen-bond donors (Lipinski definition) is 0. The summed E-state index contributed by atoms with van der Waals surface area (Å²) in [5.41, 5.74) is 12.1. The molecule has 2 nitrogen and oxygen atoms in total. The van der Waals surface area contributed by atoms with Gasteiger partial charge in [0, 0.05) is 65.2 Å². The average molecular weight is 720 g/mol. The third-order valence-electron chi connectivity index (χ3n) is 10.9. The number of anilines is 3. The molecular weight excluding hydrogens is 687 g/mol. The highest BCUT2D eigenvalue weighted by Crippen LogP contribution is 2.47. The number of fused-ring (bicyclic) bond motifs is 7. The lowest BCUT2D eigenvalue weighted by atomic mass is 9.94. The summed E-state index contributed by atoms with van der Waals surface area (Å²) in [7, 11) is 0. The van der Waals surface area contributed by atoms with Crippen molar-refractivity contribution in [2.24, 2.45) is 0 Å². The minimum Gasteiger partial charge on any atom is -0.455 e. The molecule has 0 aliphatic rings. The van der Waals surface area contributed by atoms with Gasteiger partial charge in [-0.15, -0.1) is 11.3 Å². The molecule has 0 fully saturated rings. The predicted molar refractivity (Wildman–Crippen MR) is 235 cm³/mol. The molecule has 0 saturated heterocycles. The van der Waals surface area contributed by atoms with Crippen LogP contribution in [0.15, 0.2) is 205 Å². The van der Waals surface area contributed by atoms with Gasteiger partial charge in [-0.3, -0.25) is 0 Å². The number of furan rings is 1. The van der Waals surface area contributed by atoms with E-state index in [1.165, 1.54) is 58.8 Å². The Kier molecular flexibility index (Phi) is 7.39. The molecule has 258 valence electrons. The fourth-order valence-electron chi connectivity index (χ4n) is 8.23. The molecular formula is C52H33NOS. The molecule has 0 amide bonds. The van der Waals surface area contributed by atoms with E-state index in [0.29, 0.717) is 0 Å². The Labute approximate surface area is 322 Å². The third kappa shape index (κ3) is 5.32. The lowest BCUT2D eigenvalue weighted by Gasteiger charge is -2.26. The standard InChI is InChI=1S/C52H33NOS/c1-3-12-34(13-4-1)36-22-26-39(27-23-36)53(40-28-24-37(25-29-40)35-14-5-2-6-15-35)41-30-31-43-47-32-38-16-7-8-17-42(38)50(51(47)54-48(43)33-41)46-20-11-19-45-44-18-9-10-21-49(44)55-52(45)46/h1-33H. The van der Waals surface area contributed by atoms with Crippen molar-refractivity contribution in [2.45, 2.75) is 0 Å². The maximum absolute atomic E-state index is 7.06. The van der Waals surface area contributed by atoms with Gasteiger partial charge in [0.25, 0.3) is 0 Å². The van der Waals surface area contributed by atoms with Gasteiger partial charge in [0.1, 0.15) is 11.2 Å². The highest BCUT2D eigenvalue weighted by atomic mass is 32.1. The van der Waals surface area contributed by atoms with Crippen molar-refractivity contribution in [1.29, 1.82) is 0 Å². The lowest BCUT2D eigenvalue weighted by Crippen LogP contribution is -2.09. The van der Waals surface area contributed by atoms with Crippen molar-refractivity contribution >= 4 is 81.3 Å². The molecule has 11 aromatic rings. The van der Waals surface area contributed by atoms with Crippen molar-refractivity contribution < 1.29 is 4.42 Å². The smallest absolute Gasteiger partial charge is 0.143 e. The summed E-state index contributed by atoms with van der Waals surface area (Å²) in [6, 6.07) is 71.9. The van der Waals surface area contributed by atoms with Crippen molar-refractivity contribution in [3.8, 4) is 33.4 Å². The van der Waals surface area contributed by atoms with E-state index >= 15 is 0 Å². The molecule has 11 rings (SSSR count). The van der Waals surface area contributed by atoms with E-state index in [-0.39, 0.29) is 0 Å². The van der Waals surface area contributed by atoms with Crippen molar-refractivity contribution in [3.63, 3.8) is 0 Å². The molecule has 0 spiro atoms. The zero-order valence-electron chi connectivity index (χ0n) is 29.8. The first kappa shape index (κ1) is 31.6. The molecule has 0 bridgehead atoms. The summed E-state index contributed by atoms with van der Waals surface area (Å²) in [5.74, 6) is 0. The first-order valence-electron chi connectivity index (χ1n) is 18.7. The largest absolute Gasteiger partial charge is 0.455 e. The van der Waals surface area contributed by atoms with E-state index in [1.807, 2.05) is 11.3 Å². The van der Waals surface area contributed by atoms with Gasteiger partial charge in [-0.2, -0.15) is 0 Å². The Bertz CT molecular complexity index is 3090. The Morgan fingerprint density at radius 2 is 0.945 bits per heavy atom. The lowest BCUT2D eigenvalue weighted by molar-refractivity contribution is 0.670. The topological polar surface area (TPSA) is 16.4 Å². The number of benzene rings is 9. The van der Waals surface area contributed by atoms with Gasteiger partial charge >= 0.3 is 0 Å². The van der Waals surface area contributed by atoms with Gasteiger partial charge in [-0.05, 0) is 81.6 Å². The molecule has 2 heterocycles. The fraction of sp³-hybridized carbons (Fsp3) is 0. The maximum atomic E-state index is 7.06. The minimum absolute atomic E-state index is 0.861. The maximum Gasteiger partial charge on any atom is 0.143 e. The first-order chi connectivity index (χ1) is 27.3. The summed E-state index contributed by atoms with van der Waals surface area (Å²) < 4.78 is 9.64. The Hall–Kier alpha value is -6.94. The van der Waals surface area contributed by atoms with Gasteiger partial charge < -0.3 is 9.32 Å². The second-order valence-corrected chi connectivity index (χ2v) is 15.1. The second kappa shape index (κ2) is 12.9. The summed E-state index contributed by atoms with van der Waals surface area (Å²) in [5, 5.41) is 7.20. The minimum atomic E-state index is 0.861. The summed E-state index contributed by atoms with van der Waals surface area (Å²) >= 11 is 1.86. The zero-order valence-corrected chi connectivity index (χ0v) is 30.6. The second-order valence-electron chi connectivity index (χ2n) is 14.1. The van der Waals surface area contributed by atoms with Crippen LogP contribution in [-0.2, 0) is 0 Å². The fourth-order valence-corrected chi connectivity index (χ4v) is 9.45. The van der Waals surface area contributed by atoms with Crippen LogP contribution < -0.4 is 4.90 Å². The molecule has 0 aliphatic heterocycles. The van der Waals surface area contributed by atoms with Gasteiger partial charge in [-0.25, -0.2) is 0 Å². The number of hydrogen-bond acceptors (Lipinski definition) is 3. The summed E-state index contributed by atoms with van der Waals surface area (Å²) in [6.45, 7) is 0. The van der Waals surface area contributed by atoms with E-state index in [9.17, 15) is 0 Å². The average Bonchev–Trinajstić information content (AvgIpc) is 3.82. The molecule has 0 aliphatic carbocycles. The Morgan fingerprint density at radius 3 is 1.64 bits per heavy atom. The Morgan fingerprint density at radius 1 is 0.382 bits per heavy atom. The van der Waals surface area contributed by atoms with Crippen LogP contribution in [0, 0.1) is 0 Å². The molecule has 0 radical (unpaired) electrons. The molecule has 0 N–H and O–H groups in total. The van der Waals surface area contributed by atoms with Crippen LogP contribution in [0.3, 0.4) is 0 Å². The van der Waals surface area contributed by atoms with Crippen LogP contribution in [-0.4, -0.2) is 0 Å². The van der Waals surface area contributed by atoms with E-state index in [4.69, 9.17) is 4.42 Å². The van der Waals surface area contributed by atoms with Crippen molar-refractivity contribution in [1.82, 2.24) is 0 Å². The van der Waals surface area contributed by atoms with E-state index in [2.05, 4.69) is 205 Å². The molecule has 0 saturated carbocycles. The zero-order chi connectivity index (χ0) is 36.3. The van der Waals surface area contributed by atoms with E-state index in [0.717, 1.165) is 44.6 Å². The van der Waals surface area contributed by atoms with Gasteiger partial charge in [0.2, 0.25) is 0 Å². The molecule has 55 heavy (non-hydrogen) atoms. The third-order valence-corrected chi connectivity index (χ3v) is 12.1. The van der Waals surface area contributed by atoms with Crippen LogP contribution in [0.5, 0.6) is 0 Å². The summed E-state index contributed by atoms with van der Waals surface area (Å²) in [4.78, 5) is 2.32. The molecule has 0 unspecified atom stereocenters. The number of rotatable bonds is 6. The predicted octanol–water partition coefficient (Wildman–Crippen LogP) is 15.6. The molecule has 3 heteroatoms. The summed E-state index contributed by atoms with van der Waals surface area (Å²) in [6.07, 6.45) is 0. The SMILES string of the molecule is c1ccc(-c2ccc(N(c3ccc(-c4ccccc4)cc3)c3ccc4c(c3)oc3c(-c5cccc6c5sc5ccccc56)c5ccccc5cc34)cc2)cc1. The highest BCUT2D eigenvalue weighted by Gasteiger charge is 2.21. The van der Waals surface area contributed by atoms with E-state index in [1.54, 1.807) is 0 Å².